The van der Waals surface area contributed by atoms with Crippen LogP contribution < -0.4 is 0 Å². The molecular formula is C18H36O6. The first-order valence-electron chi connectivity index (χ1n) is 9.06. The molecule has 1 atom stereocenters. The van der Waals surface area contributed by atoms with Gasteiger partial charge in [0.1, 0.15) is 0 Å². The van der Waals surface area contributed by atoms with E-state index in [0.717, 1.165) is 0 Å². The van der Waals surface area contributed by atoms with Crippen molar-refractivity contribution in [2.24, 2.45) is 5.92 Å². The average molecular weight is 348 g/mol. The molecule has 0 saturated carbocycles. The summed E-state index contributed by atoms with van der Waals surface area (Å²) in [5, 5.41) is 0. The Labute approximate surface area is 147 Å². The van der Waals surface area contributed by atoms with Gasteiger partial charge in [0.2, 0.25) is 0 Å². The van der Waals surface area contributed by atoms with E-state index in [2.05, 4.69) is 0 Å². The van der Waals surface area contributed by atoms with Gasteiger partial charge in [-0.15, -0.1) is 0 Å². The molecule has 0 rings (SSSR count). The van der Waals surface area contributed by atoms with E-state index in [1.54, 1.807) is 6.26 Å². The first kappa shape index (κ1) is 23.3. The Hall–Kier alpha value is -0.660. The van der Waals surface area contributed by atoms with Crippen LogP contribution >= 0.6 is 0 Å². The first-order chi connectivity index (χ1) is 11.7. The summed E-state index contributed by atoms with van der Waals surface area (Å²) in [5.41, 5.74) is 0. The van der Waals surface area contributed by atoms with Crippen molar-refractivity contribution in [3.63, 3.8) is 0 Å². The Kier molecular flexibility index (Phi) is 15.4. The van der Waals surface area contributed by atoms with E-state index < -0.39 is 12.6 Å². The van der Waals surface area contributed by atoms with Gasteiger partial charge in [-0.25, -0.2) is 0 Å². The molecule has 0 aliphatic heterocycles. The van der Waals surface area contributed by atoms with Gasteiger partial charge in [0.05, 0.1) is 24.9 Å². The van der Waals surface area contributed by atoms with E-state index in [-0.39, 0.29) is 12.0 Å². The Morgan fingerprint density at radius 1 is 0.583 bits per heavy atom. The van der Waals surface area contributed by atoms with E-state index in [1.807, 2.05) is 47.6 Å². The molecule has 0 fully saturated rings. The van der Waals surface area contributed by atoms with Crippen LogP contribution in [0.1, 0.15) is 41.5 Å². The van der Waals surface area contributed by atoms with Crippen molar-refractivity contribution in [3.8, 4) is 0 Å². The lowest BCUT2D eigenvalue weighted by atomic mass is 10.00. The number of ether oxygens (including phenoxy) is 6. The zero-order chi connectivity index (χ0) is 18.2. The predicted molar refractivity (Wildman–Crippen MR) is 93.8 cm³/mol. The molecule has 0 aliphatic carbocycles. The van der Waals surface area contributed by atoms with Crippen molar-refractivity contribution in [2.75, 3.05) is 39.6 Å². The van der Waals surface area contributed by atoms with Crippen LogP contribution in [0.25, 0.3) is 0 Å². The molecule has 0 N–H and O–H groups in total. The summed E-state index contributed by atoms with van der Waals surface area (Å²) >= 11 is 0. The summed E-state index contributed by atoms with van der Waals surface area (Å²) in [6, 6.07) is 0. The molecule has 0 aromatic carbocycles. The van der Waals surface area contributed by atoms with Crippen LogP contribution in [0, 0.1) is 5.92 Å². The van der Waals surface area contributed by atoms with Crippen molar-refractivity contribution < 1.29 is 28.4 Å². The molecule has 24 heavy (non-hydrogen) atoms. The Morgan fingerprint density at radius 2 is 1.00 bits per heavy atom. The number of rotatable bonds is 16. The highest BCUT2D eigenvalue weighted by Crippen LogP contribution is 2.26. The third-order valence-electron chi connectivity index (χ3n) is 3.22. The minimum Gasteiger partial charge on any atom is -0.502 e. The van der Waals surface area contributed by atoms with Gasteiger partial charge in [-0.05, 0) is 47.6 Å². The summed E-state index contributed by atoms with van der Waals surface area (Å²) in [6.07, 6.45) is 2.22. The molecule has 6 heteroatoms. The van der Waals surface area contributed by atoms with Crippen LogP contribution in [0.5, 0.6) is 0 Å². The number of hydrogen-bond donors (Lipinski definition) is 0. The largest absolute Gasteiger partial charge is 0.502 e. The van der Waals surface area contributed by atoms with Crippen LogP contribution in [0.4, 0.5) is 0 Å². The summed E-state index contributed by atoms with van der Waals surface area (Å²) in [5.74, 6) is -0.276. The zero-order valence-corrected chi connectivity index (χ0v) is 16.2. The lowest BCUT2D eigenvalue weighted by Crippen LogP contribution is -2.46. The van der Waals surface area contributed by atoms with E-state index in [9.17, 15) is 0 Å². The van der Waals surface area contributed by atoms with Gasteiger partial charge < -0.3 is 28.4 Å². The van der Waals surface area contributed by atoms with Crippen LogP contribution in [0.3, 0.4) is 0 Å². The van der Waals surface area contributed by atoms with Gasteiger partial charge in [-0.3, -0.25) is 0 Å². The highest BCUT2D eigenvalue weighted by Gasteiger charge is 2.38. The third kappa shape index (κ3) is 8.99. The van der Waals surface area contributed by atoms with Crippen LogP contribution in [-0.2, 0) is 28.4 Å². The second-order valence-electron chi connectivity index (χ2n) is 4.84. The highest BCUT2D eigenvalue weighted by molar-refractivity contribution is 4.92. The van der Waals surface area contributed by atoms with Gasteiger partial charge in [-0.2, -0.15) is 0 Å². The molecule has 0 radical (unpaired) electrons. The SMILES string of the molecule is CCO/C=C\[C@@H](OCC)C(C(OCC)OCC)C(OCC)OCC. The fraction of sp³-hybridized carbons (Fsp3) is 0.889. The van der Waals surface area contributed by atoms with E-state index in [1.165, 1.54) is 0 Å². The minimum atomic E-state index is -0.495. The predicted octanol–water partition coefficient (Wildman–Crippen LogP) is 3.36. The molecule has 0 unspecified atom stereocenters. The molecule has 0 saturated heterocycles. The van der Waals surface area contributed by atoms with Crippen LogP contribution in [0.15, 0.2) is 12.3 Å². The van der Waals surface area contributed by atoms with Gasteiger partial charge in [-0.1, -0.05) is 0 Å². The quantitative estimate of drug-likeness (QED) is 0.315. The molecule has 0 spiro atoms. The topological polar surface area (TPSA) is 55.4 Å². The maximum Gasteiger partial charge on any atom is 0.168 e. The van der Waals surface area contributed by atoms with Crippen molar-refractivity contribution in [2.45, 2.75) is 60.2 Å². The summed E-state index contributed by atoms with van der Waals surface area (Å²) < 4.78 is 34.5. The first-order valence-corrected chi connectivity index (χ1v) is 9.06. The molecular weight excluding hydrogens is 312 g/mol. The van der Waals surface area contributed by atoms with Gasteiger partial charge in [0.25, 0.3) is 0 Å². The molecule has 0 aromatic rings. The van der Waals surface area contributed by atoms with Gasteiger partial charge >= 0.3 is 0 Å². The molecule has 6 nitrogen and oxygen atoms in total. The zero-order valence-electron chi connectivity index (χ0n) is 16.2. The monoisotopic (exact) mass is 348 g/mol. The van der Waals surface area contributed by atoms with Gasteiger partial charge in [0.15, 0.2) is 12.6 Å². The van der Waals surface area contributed by atoms with Crippen molar-refractivity contribution in [1.29, 1.82) is 0 Å². The summed E-state index contributed by atoms with van der Waals surface area (Å²) in [4.78, 5) is 0. The minimum absolute atomic E-state index is 0.276. The van der Waals surface area contributed by atoms with Crippen molar-refractivity contribution in [1.82, 2.24) is 0 Å². The maximum absolute atomic E-state index is 5.91. The molecule has 144 valence electrons. The van der Waals surface area contributed by atoms with E-state index >= 15 is 0 Å². The summed E-state index contributed by atoms with van der Waals surface area (Å²) in [7, 11) is 0. The van der Waals surface area contributed by atoms with E-state index in [0.29, 0.717) is 39.6 Å². The van der Waals surface area contributed by atoms with Gasteiger partial charge in [0, 0.05) is 33.0 Å². The smallest absolute Gasteiger partial charge is 0.168 e. The van der Waals surface area contributed by atoms with Crippen LogP contribution in [-0.4, -0.2) is 58.3 Å². The fourth-order valence-electron chi connectivity index (χ4n) is 2.35. The molecule has 0 aromatic heterocycles. The summed E-state index contributed by atoms with van der Waals surface area (Å²) in [6.45, 7) is 14.9. The normalized spacial score (nSPS) is 13.5. The second-order valence-corrected chi connectivity index (χ2v) is 4.84. The molecule has 0 heterocycles. The molecule has 0 amide bonds. The fourth-order valence-corrected chi connectivity index (χ4v) is 2.35. The van der Waals surface area contributed by atoms with Crippen molar-refractivity contribution in [3.05, 3.63) is 12.3 Å². The average Bonchev–Trinajstić information content (AvgIpc) is 2.56. The van der Waals surface area contributed by atoms with E-state index in [4.69, 9.17) is 28.4 Å². The number of hydrogen-bond acceptors (Lipinski definition) is 6. The van der Waals surface area contributed by atoms with Crippen molar-refractivity contribution >= 4 is 0 Å². The lowest BCUT2D eigenvalue weighted by molar-refractivity contribution is -0.265. The standard InChI is InChI=1S/C18H36O6/c1-7-19-14-13-15(20-8-2)16(17(21-9-3)22-10-4)18(23-11-5)24-12-6/h13-18H,7-12H2,1-6H3/b14-13-/t15-/m1/s1. The molecule has 0 bridgehead atoms. The lowest BCUT2D eigenvalue weighted by Gasteiger charge is -2.36. The second kappa shape index (κ2) is 15.8. The Balaban J connectivity index is 5.53. The Morgan fingerprint density at radius 3 is 1.33 bits per heavy atom. The maximum atomic E-state index is 5.91. The third-order valence-corrected chi connectivity index (χ3v) is 3.22. The molecule has 0 aliphatic rings. The highest BCUT2D eigenvalue weighted by atomic mass is 16.7. The van der Waals surface area contributed by atoms with Crippen LogP contribution in [0.2, 0.25) is 0 Å². The Bertz CT molecular complexity index is 269.